The molecule has 106 valence electrons. The molecule has 1 aromatic rings. The Labute approximate surface area is 117 Å². The number of thioether (sulfide) groups is 1. The molecule has 2 rings (SSSR count). The summed E-state index contributed by atoms with van der Waals surface area (Å²) in [4.78, 5) is 10.6. The summed E-state index contributed by atoms with van der Waals surface area (Å²) < 4.78 is 2.08. The molecule has 1 aliphatic carbocycles. The fourth-order valence-corrected chi connectivity index (χ4v) is 3.24. The van der Waals surface area contributed by atoms with Gasteiger partial charge in [0, 0.05) is 17.7 Å². The average Bonchev–Trinajstić information content (AvgIpc) is 2.88. The van der Waals surface area contributed by atoms with Crippen LogP contribution in [0.3, 0.4) is 0 Å². The van der Waals surface area contributed by atoms with Crippen molar-refractivity contribution in [2.75, 3.05) is 5.75 Å². The number of carbonyl (C=O) groups is 1. The lowest BCUT2D eigenvalue weighted by Crippen LogP contribution is -2.32. The summed E-state index contributed by atoms with van der Waals surface area (Å²) in [5.41, 5.74) is 6.46. The fourth-order valence-electron chi connectivity index (χ4n) is 2.37. The molecule has 0 radical (unpaired) electrons. The molecular weight excluding hydrogens is 262 g/mol. The topological polar surface area (TPSA) is 81.1 Å². The highest BCUT2D eigenvalue weighted by molar-refractivity contribution is 7.98. The summed E-state index contributed by atoms with van der Waals surface area (Å²) in [7, 11) is 0. The van der Waals surface area contributed by atoms with E-state index in [-0.39, 0.29) is 0 Å². The summed E-state index contributed by atoms with van der Waals surface area (Å²) in [5, 5.41) is 13.3. The number of hydrogen-bond donors (Lipinski definition) is 2. The van der Waals surface area contributed by atoms with Crippen molar-refractivity contribution in [3.63, 3.8) is 0 Å². The third-order valence-electron chi connectivity index (χ3n) is 3.48. The van der Waals surface area contributed by atoms with Crippen molar-refractivity contribution in [3.05, 3.63) is 18.0 Å². The normalized spacial score (nSPS) is 18.4. The first kappa shape index (κ1) is 14.4. The molecule has 1 heterocycles. The molecule has 6 heteroatoms. The van der Waals surface area contributed by atoms with Gasteiger partial charge in [-0.3, -0.25) is 9.48 Å². The smallest absolute Gasteiger partial charge is 0.321 e. The third kappa shape index (κ3) is 4.24. The molecule has 5 nitrogen and oxygen atoms in total. The Bertz CT molecular complexity index is 416. The summed E-state index contributed by atoms with van der Waals surface area (Å²) in [5.74, 6) is 0.201. The maximum Gasteiger partial charge on any atom is 0.321 e. The minimum Gasteiger partial charge on any atom is -0.480 e. The van der Waals surface area contributed by atoms with Crippen molar-refractivity contribution in [1.82, 2.24) is 9.78 Å². The van der Waals surface area contributed by atoms with Gasteiger partial charge in [0.15, 0.2) is 0 Å². The molecule has 1 saturated carbocycles. The van der Waals surface area contributed by atoms with E-state index >= 15 is 0 Å². The quantitative estimate of drug-likeness (QED) is 0.835. The Morgan fingerprint density at radius 1 is 1.53 bits per heavy atom. The van der Waals surface area contributed by atoms with Crippen molar-refractivity contribution < 1.29 is 9.90 Å². The Morgan fingerprint density at radius 2 is 2.26 bits per heavy atom. The zero-order valence-electron chi connectivity index (χ0n) is 11.0. The van der Waals surface area contributed by atoms with E-state index in [1.807, 2.05) is 12.3 Å². The first-order valence-electron chi connectivity index (χ1n) is 6.77. The summed E-state index contributed by atoms with van der Waals surface area (Å²) in [6.45, 7) is 0. The predicted molar refractivity (Wildman–Crippen MR) is 76.1 cm³/mol. The molecule has 3 N–H and O–H groups in total. The van der Waals surface area contributed by atoms with Gasteiger partial charge in [-0.2, -0.15) is 16.9 Å². The molecule has 1 aliphatic rings. The minimum absolute atomic E-state index is 0.422. The van der Waals surface area contributed by atoms with Crippen LogP contribution in [0.1, 0.15) is 43.8 Å². The Kier molecular flexibility index (Phi) is 5.27. The van der Waals surface area contributed by atoms with E-state index in [1.165, 1.54) is 43.9 Å². The van der Waals surface area contributed by atoms with Gasteiger partial charge in [-0.25, -0.2) is 0 Å². The predicted octanol–water partition coefficient (Wildman–Crippen LogP) is 2.03. The first-order valence-corrected chi connectivity index (χ1v) is 7.92. The van der Waals surface area contributed by atoms with E-state index in [2.05, 4.69) is 9.78 Å². The first-order chi connectivity index (χ1) is 9.16. The van der Waals surface area contributed by atoms with Crippen LogP contribution in [0.4, 0.5) is 0 Å². The largest absolute Gasteiger partial charge is 0.480 e. The lowest BCUT2D eigenvalue weighted by molar-refractivity contribution is -0.137. The SMILES string of the molecule is NC(CSCc1ccn(C2CCCCC2)n1)C(=O)O. The molecule has 0 saturated heterocycles. The zero-order valence-corrected chi connectivity index (χ0v) is 11.8. The molecule has 1 fully saturated rings. The number of carboxylic acids is 1. The van der Waals surface area contributed by atoms with Crippen LogP contribution in [0.25, 0.3) is 0 Å². The monoisotopic (exact) mass is 283 g/mol. The molecule has 0 aliphatic heterocycles. The van der Waals surface area contributed by atoms with Gasteiger partial charge in [0.05, 0.1) is 11.7 Å². The number of nitrogens with zero attached hydrogens (tertiary/aromatic N) is 2. The van der Waals surface area contributed by atoms with E-state index in [4.69, 9.17) is 10.8 Å². The van der Waals surface area contributed by atoms with Gasteiger partial charge in [0.1, 0.15) is 6.04 Å². The van der Waals surface area contributed by atoms with Gasteiger partial charge in [0.2, 0.25) is 0 Å². The van der Waals surface area contributed by atoms with E-state index in [9.17, 15) is 4.79 Å². The van der Waals surface area contributed by atoms with Gasteiger partial charge < -0.3 is 10.8 Å². The molecule has 1 unspecified atom stereocenters. The second kappa shape index (κ2) is 6.96. The molecule has 19 heavy (non-hydrogen) atoms. The molecular formula is C13H21N3O2S. The van der Waals surface area contributed by atoms with Crippen LogP contribution in [0.5, 0.6) is 0 Å². The number of nitrogens with two attached hydrogens (primary N) is 1. The van der Waals surface area contributed by atoms with E-state index in [0.717, 1.165) is 11.4 Å². The number of hydrogen-bond acceptors (Lipinski definition) is 4. The molecule has 0 bridgehead atoms. The van der Waals surface area contributed by atoms with Gasteiger partial charge in [-0.1, -0.05) is 19.3 Å². The zero-order chi connectivity index (χ0) is 13.7. The molecule has 0 spiro atoms. The van der Waals surface area contributed by atoms with Gasteiger partial charge in [-0.05, 0) is 18.9 Å². The second-order valence-corrected chi connectivity index (χ2v) is 6.07. The lowest BCUT2D eigenvalue weighted by Gasteiger charge is -2.21. The van der Waals surface area contributed by atoms with Crippen LogP contribution in [-0.4, -0.2) is 32.7 Å². The Hall–Kier alpha value is -1.01. The minimum atomic E-state index is -0.944. The van der Waals surface area contributed by atoms with Gasteiger partial charge in [-0.15, -0.1) is 0 Å². The molecule has 1 atom stereocenters. The van der Waals surface area contributed by atoms with Gasteiger partial charge >= 0.3 is 5.97 Å². The van der Waals surface area contributed by atoms with Crippen molar-refractivity contribution in [1.29, 1.82) is 0 Å². The maximum atomic E-state index is 10.6. The second-order valence-electron chi connectivity index (χ2n) is 5.04. The Morgan fingerprint density at radius 3 is 2.95 bits per heavy atom. The third-order valence-corrected chi connectivity index (χ3v) is 4.57. The summed E-state index contributed by atoms with van der Waals surface area (Å²) in [6, 6.07) is 1.78. The summed E-state index contributed by atoms with van der Waals surface area (Å²) in [6.07, 6.45) is 8.41. The Balaban J connectivity index is 1.78. The molecule has 1 aromatic heterocycles. The standard InChI is InChI=1S/C13H21N3O2S/c14-12(13(17)18)9-19-8-10-6-7-16(15-10)11-4-2-1-3-5-11/h6-7,11-12H,1-5,8-9,14H2,(H,17,18). The van der Waals surface area contributed by atoms with E-state index in [0.29, 0.717) is 11.8 Å². The van der Waals surface area contributed by atoms with Crippen molar-refractivity contribution in [3.8, 4) is 0 Å². The van der Waals surface area contributed by atoms with Crippen molar-refractivity contribution in [2.45, 2.75) is 49.9 Å². The van der Waals surface area contributed by atoms with E-state index in [1.54, 1.807) is 0 Å². The average molecular weight is 283 g/mol. The van der Waals surface area contributed by atoms with Crippen molar-refractivity contribution in [2.24, 2.45) is 5.73 Å². The number of aromatic nitrogens is 2. The van der Waals surface area contributed by atoms with Crippen LogP contribution in [-0.2, 0) is 10.5 Å². The number of rotatable bonds is 6. The molecule has 0 amide bonds. The maximum absolute atomic E-state index is 10.6. The highest BCUT2D eigenvalue weighted by atomic mass is 32.2. The van der Waals surface area contributed by atoms with Crippen LogP contribution in [0.15, 0.2) is 12.3 Å². The number of aliphatic carboxylic acids is 1. The lowest BCUT2D eigenvalue weighted by atomic mass is 9.96. The highest BCUT2D eigenvalue weighted by Crippen LogP contribution is 2.27. The van der Waals surface area contributed by atoms with Crippen LogP contribution in [0.2, 0.25) is 0 Å². The number of carboxylic acid groups (broad SMARTS) is 1. The van der Waals surface area contributed by atoms with E-state index < -0.39 is 12.0 Å². The summed E-state index contributed by atoms with van der Waals surface area (Å²) >= 11 is 1.52. The van der Waals surface area contributed by atoms with Crippen LogP contribution < -0.4 is 5.73 Å². The molecule has 0 aromatic carbocycles. The fraction of sp³-hybridized carbons (Fsp3) is 0.692. The highest BCUT2D eigenvalue weighted by Gasteiger charge is 2.16. The van der Waals surface area contributed by atoms with Crippen LogP contribution >= 0.6 is 11.8 Å². The van der Waals surface area contributed by atoms with Crippen molar-refractivity contribution >= 4 is 17.7 Å². The van der Waals surface area contributed by atoms with Gasteiger partial charge in [0.25, 0.3) is 0 Å². The van der Waals surface area contributed by atoms with Crippen LogP contribution in [0, 0.1) is 0 Å².